The number of nitro benzene ring substituents is 1. The van der Waals surface area contributed by atoms with Gasteiger partial charge in [-0.25, -0.2) is 0 Å². The van der Waals surface area contributed by atoms with Crippen LogP contribution in [0.5, 0.6) is 17.2 Å². The number of nitrogens with zero attached hydrogens (tertiary/aromatic N) is 1. The zero-order valence-corrected chi connectivity index (χ0v) is 14.9. The van der Waals surface area contributed by atoms with E-state index < -0.39 is 33.7 Å². The molecule has 0 saturated heterocycles. The van der Waals surface area contributed by atoms with E-state index in [9.17, 15) is 28.1 Å². The van der Waals surface area contributed by atoms with E-state index >= 15 is 0 Å². The van der Waals surface area contributed by atoms with E-state index in [0.717, 1.165) is 24.3 Å². The second kappa shape index (κ2) is 8.01. The van der Waals surface area contributed by atoms with Crippen LogP contribution in [0.15, 0.2) is 36.4 Å². The molecule has 0 saturated carbocycles. The van der Waals surface area contributed by atoms with E-state index in [1.54, 1.807) is 0 Å². The molecule has 6 nitrogen and oxygen atoms in total. The van der Waals surface area contributed by atoms with Crippen molar-refractivity contribution in [3.05, 3.63) is 57.1 Å². The summed E-state index contributed by atoms with van der Waals surface area (Å²) in [4.78, 5) is 21.4. The number of carbonyl (C=O) groups is 1. The number of hydrogen-bond acceptors (Lipinski definition) is 5. The Morgan fingerprint density at radius 2 is 1.85 bits per heavy atom. The van der Waals surface area contributed by atoms with Crippen molar-refractivity contribution >= 4 is 34.1 Å². The Hall–Kier alpha value is -2.52. The van der Waals surface area contributed by atoms with Gasteiger partial charge in [0, 0.05) is 12.1 Å². The van der Waals surface area contributed by atoms with Gasteiger partial charge in [0.2, 0.25) is 5.75 Å². The molecular weight excluding hydrogens is 414 g/mol. The summed E-state index contributed by atoms with van der Waals surface area (Å²) in [6.07, 6.45) is -5.74. The Labute approximate surface area is 160 Å². The summed E-state index contributed by atoms with van der Waals surface area (Å²) in [6, 6.07) is 5.83. The number of nitro groups is 1. The molecule has 0 aromatic heterocycles. The Kier molecular flexibility index (Phi) is 6.17. The number of hydrogen-bond donors (Lipinski definition) is 0. The number of ether oxygens (including phenoxy) is 2. The minimum atomic E-state index is -4.57. The molecule has 2 rings (SSSR count). The number of carbonyl (C=O) groups excluding carboxylic acids is 1. The van der Waals surface area contributed by atoms with Crippen molar-refractivity contribution in [3.63, 3.8) is 0 Å². The van der Waals surface area contributed by atoms with Crippen molar-refractivity contribution in [2.75, 3.05) is 0 Å². The summed E-state index contributed by atoms with van der Waals surface area (Å²) in [6.45, 7) is 1.29. The molecule has 0 N–H and O–H groups in total. The van der Waals surface area contributed by atoms with Gasteiger partial charge in [0.25, 0.3) is 5.24 Å². The fraction of sp³-hybridized carbons (Fsp3) is 0.188. The molecule has 11 heteroatoms. The van der Waals surface area contributed by atoms with Gasteiger partial charge in [0.15, 0.2) is 6.10 Å². The molecule has 0 aliphatic heterocycles. The highest BCUT2D eigenvalue weighted by Gasteiger charge is 2.31. The molecule has 0 radical (unpaired) electrons. The van der Waals surface area contributed by atoms with E-state index in [0.29, 0.717) is 6.07 Å². The molecular formula is C16H10Cl2F3NO5. The third-order valence-electron chi connectivity index (χ3n) is 3.24. The first-order valence-electron chi connectivity index (χ1n) is 7.18. The summed E-state index contributed by atoms with van der Waals surface area (Å²) in [5.41, 5.74) is -1.41. The van der Waals surface area contributed by atoms with Crippen LogP contribution in [0.25, 0.3) is 0 Å². The Bertz CT molecular complexity index is 889. The SMILES string of the molecule is CC(Oc1cc(Oc2ccc(C(F)(F)F)cc2Cl)ccc1[N+](=O)[O-])C(=O)Cl. The lowest BCUT2D eigenvalue weighted by molar-refractivity contribution is -0.386. The summed E-state index contributed by atoms with van der Waals surface area (Å²) in [7, 11) is 0. The van der Waals surface area contributed by atoms with E-state index in [4.69, 9.17) is 32.7 Å². The summed E-state index contributed by atoms with van der Waals surface area (Å²) in [5, 5.41) is 9.88. The molecule has 0 heterocycles. The summed E-state index contributed by atoms with van der Waals surface area (Å²) >= 11 is 11.1. The van der Waals surface area contributed by atoms with Crippen LogP contribution in [0.3, 0.4) is 0 Å². The van der Waals surface area contributed by atoms with Crippen molar-refractivity contribution in [2.45, 2.75) is 19.2 Å². The standard InChI is InChI=1S/C16H10Cl2F3NO5/c1-8(15(18)23)26-14-7-10(3-4-12(14)22(24)25)27-13-5-2-9(6-11(13)17)16(19,20)21/h2-8H,1H3. The highest BCUT2D eigenvalue weighted by atomic mass is 35.5. The number of alkyl halides is 3. The third kappa shape index (κ3) is 5.24. The smallest absolute Gasteiger partial charge is 0.416 e. The molecule has 0 fully saturated rings. The van der Waals surface area contributed by atoms with Crippen molar-refractivity contribution in [1.82, 2.24) is 0 Å². The monoisotopic (exact) mass is 423 g/mol. The van der Waals surface area contributed by atoms with Gasteiger partial charge in [-0.1, -0.05) is 11.6 Å². The number of halogens is 5. The van der Waals surface area contributed by atoms with E-state index in [1.165, 1.54) is 13.0 Å². The first kappa shape index (κ1) is 20.8. The van der Waals surface area contributed by atoms with Crippen molar-refractivity contribution in [2.24, 2.45) is 0 Å². The molecule has 144 valence electrons. The maximum atomic E-state index is 12.7. The van der Waals surface area contributed by atoms with Gasteiger partial charge in [-0.05, 0) is 42.8 Å². The zero-order chi connectivity index (χ0) is 20.4. The minimum Gasteiger partial charge on any atom is -0.474 e. The first-order valence-corrected chi connectivity index (χ1v) is 7.93. The van der Waals surface area contributed by atoms with Gasteiger partial charge < -0.3 is 9.47 Å². The molecule has 1 atom stereocenters. The van der Waals surface area contributed by atoms with Gasteiger partial charge in [-0.2, -0.15) is 13.2 Å². The van der Waals surface area contributed by atoms with Crippen LogP contribution in [-0.2, 0) is 11.0 Å². The molecule has 2 aromatic carbocycles. The Morgan fingerprint density at radius 3 is 2.37 bits per heavy atom. The largest absolute Gasteiger partial charge is 0.474 e. The van der Waals surface area contributed by atoms with Gasteiger partial charge >= 0.3 is 11.9 Å². The highest BCUT2D eigenvalue weighted by Crippen LogP contribution is 2.38. The second-order valence-electron chi connectivity index (χ2n) is 5.20. The summed E-state index contributed by atoms with van der Waals surface area (Å²) < 4.78 is 48.5. The van der Waals surface area contributed by atoms with Gasteiger partial charge in [0.05, 0.1) is 15.5 Å². The van der Waals surface area contributed by atoms with E-state index in [2.05, 4.69) is 0 Å². The van der Waals surface area contributed by atoms with Crippen molar-refractivity contribution in [3.8, 4) is 17.2 Å². The molecule has 0 bridgehead atoms. The lowest BCUT2D eigenvalue weighted by atomic mass is 10.2. The Balaban J connectivity index is 2.34. The van der Waals surface area contributed by atoms with Crippen LogP contribution in [0.2, 0.25) is 5.02 Å². The Morgan fingerprint density at radius 1 is 1.19 bits per heavy atom. The number of benzene rings is 2. The maximum absolute atomic E-state index is 12.7. The third-order valence-corrected chi connectivity index (χ3v) is 3.84. The normalized spacial score (nSPS) is 12.4. The lowest BCUT2D eigenvalue weighted by Gasteiger charge is -2.14. The molecule has 0 spiro atoms. The van der Waals surface area contributed by atoms with Crippen LogP contribution in [0.1, 0.15) is 12.5 Å². The molecule has 1 unspecified atom stereocenters. The van der Waals surface area contributed by atoms with E-state index in [1.807, 2.05) is 0 Å². The molecule has 0 aliphatic rings. The van der Waals surface area contributed by atoms with Gasteiger partial charge in [0.1, 0.15) is 11.5 Å². The van der Waals surface area contributed by atoms with E-state index in [-0.39, 0.29) is 22.3 Å². The van der Waals surface area contributed by atoms with Gasteiger partial charge in [-0.15, -0.1) is 0 Å². The fourth-order valence-corrected chi connectivity index (χ4v) is 2.19. The number of rotatable bonds is 6. The average Bonchev–Trinajstić information content (AvgIpc) is 2.55. The van der Waals surface area contributed by atoms with Crippen LogP contribution < -0.4 is 9.47 Å². The molecule has 2 aromatic rings. The van der Waals surface area contributed by atoms with Crippen molar-refractivity contribution in [1.29, 1.82) is 0 Å². The average molecular weight is 424 g/mol. The van der Waals surface area contributed by atoms with Gasteiger partial charge in [-0.3, -0.25) is 14.9 Å². The minimum absolute atomic E-state index is 0.00789. The van der Waals surface area contributed by atoms with Crippen LogP contribution in [0.4, 0.5) is 18.9 Å². The summed E-state index contributed by atoms with van der Waals surface area (Å²) in [5.74, 6) is -0.417. The van der Waals surface area contributed by atoms with Crippen molar-refractivity contribution < 1.29 is 32.4 Å². The predicted molar refractivity (Wildman–Crippen MR) is 90.6 cm³/mol. The first-order chi connectivity index (χ1) is 12.5. The quantitative estimate of drug-likeness (QED) is 0.343. The lowest BCUT2D eigenvalue weighted by Crippen LogP contribution is -2.19. The van der Waals surface area contributed by atoms with Crippen LogP contribution in [-0.4, -0.2) is 16.3 Å². The van der Waals surface area contributed by atoms with Crippen LogP contribution in [0, 0.1) is 10.1 Å². The van der Waals surface area contributed by atoms with Crippen LogP contribution >= 0.6 is 23.2 Å². The topological polar surface area (TPSA) is 78.7 Å². The molecule has 0 amide bonds. The fourth-order valence-electron chi connectivity index (χ4n) is 1.93. The predicted octanol–water partition coefficient (Wildman–Crippen LogP) is 5.59. The molecule has 27 heavy (non-hydrogen) atoms. The second-order valence-corrected chi connectivity index (χ2v) is 5.98. The zero-order valence-electron chi connectivity index (χ0n) is 13.4. The maximum Gasteiger partial charge on any atom is 0.416 e. The highest BCUT2D eigenvalue weighted by molar-refractivity contribution is 6.64. The molecule has 0 aliphatic carbocycles.